The number of carbonyl (C=O) groups excluding carboxylic acids is 2. The Bertz CT molecular complexity index is 1390. The van der Waals surface area contributed by atoms with Gasteiger partial charge in [0.2, 0.25) is 0 Å². The highest BCUT2D eigenvalue weighted by Crippen LogP contribution is 2.31. The molecule has 0 spiro atoms. The van der Waals surface area contributed by atoms with E-state index in [4.69, 9.17) is 9.72 Å². The number of benzene rings is 2. The van der Waals surface area contributed by atoms with Crippen molar-refractivity contribution in [3.05, 3.63) is 71.9 Å². The number of nitrogens with one attached hydrogen (secondary N) is 1. The lowest BCUT2D eigenvalue weighted by atomic mass is 10.0. The maximum atomic E-state index is 13.6. The summed E-state index contributed by atoms with van der Waals surface area (Å²) in [6.45, 7) is 6.83. The molecule has 3 heterocycles. The van der Waals surface area contributed by atoms with Crippen LogP contribution in [-0.4, -0.2) is 39.9 Å². The molecule has 2 aromatic heterocycles. The fourth-order valence-corrected chi connectivity index (χ4v) is 4.07. The van der Waals surface area contributed by atoms with E-state index in [-0.39, 0.29) is 11.9 Å². The minimum absolute atomic E-state index is 0.0797. The second-order valence-corrected chi connectivity index (χ2v) is 8.58. The van der Waals surface area contributed by atoms with E-state index >= 15 is 0 Å². The average molecular weight is 456 g/mol. The SMILES string of the molecule is Cc1ccc(-c2cc(C(=O)Nc3ccccc3N3CCOC3=O)c3cnn(C(C)C)c3n2)cc1. The van der Waals surface area contributed by atoms with Gasteiger partial charge in [-0.2, -0.15) is 5.10 Å². The van der Waals surface area contributed by atoms with Crippen LogP contribution in [0.2, 0.25) is 0 Å². The van der Waals surface area contributed by atoms with Crippen molar-refractivity contribution in [1.82, 2.24) is 14.8 Å². The van der Waals surface area contributed by atoms with E-state index in [1.165, 1.54) is 4.90 Å². The number of anilines is 2. The Morgan fingerprint density at radius 3 is 2.59 bits per heavy atom. The molecule has 0 saturated carbocycles. The molecule has 0 radical (unpaired) electrons. The summed E-state index contributed by atoms with van der Waals surface area (Å²) >= 11 is 0. The molecule has 0 unspecified atom stereocenters. The Morgan fingerprint density at radius 1 is 1.12 bits per heavy atom. The molecule has 1 N–H and O–H groups in total. The first-order valence-electron chi connectivity index (χ1n) is 11.2. The van der Waals surface area contributed by atoms with Gasteiger partial charge in [-0.15, -0.1) is 0 Å². The first kappa shape index (κ1) is 21.6. The number of carbonyl (C=O) groups is 2. The number of amides is 2. The monoisotopic (exact) mass is 455 g/mol. The maximum absolute atomic E-state index is 13.6. The molecule has 4 aromatic rings. The van der Waals surface area contributed by atoms with E-state index in [1.807, 2.05) is 61.9 Å². The van der Waals surface area contributed by atoms with Gasteiger partial charge in [-0.05, 0) is 39.0 Å². The van der Waals surface area contributed by atoms with Gasteiger partial charge in [-0.1, -0.05) is 42.0 Å². The summed E-state index contributed by atoms with van der Waals surface area (Å²) in [5.41, 5.74) is 4.99. The van der Waals surface area contributed by atoms with Gasteiger partial charge in [-0.25, -0.2) is 14.5 Å². The van der Waals surface area contributed by atoms with Crippen molar-refractivity contribution in [2.75, 3.05) is 23.4 Å². The number of hydrogen-bond acceptors (Lipinski definition) is 5. The van der Waals surface area contributed by atoms with Gasteiger partial charge < -0.3 is 10.1 Å². The molecule has 0 aliphatic carbocycles. The van der Waals surface area contributed by atoms with Crippen LogP contribution < -0.4 is 10.2 Å². The molecule has 0 bridgehead atoms. The number of ether oxygens (including phenoxy) is 1. The highest BCUT2D eigenvalue weighted by molar-refractivity contribution is 6.14. The Balaban J connectivity index is 1.59. The molecular formula is C26H25N5O3. The second-order valence-electron chi connectivity index (χ2n) is 8.58. The minimum atomic E-state index is -0.423. The lowest BCUT2D eigenvalue weighted by molar-refractivity contribution is 0.102. The van der Waals surface area contributed by atoms with Gasteiger partial charge in [0.15, 0.2) is 5.65 Å². The number of aromatic nitrogens is 3. The number of nitrogens with zero attached hydrogens (tertiary/aromatic N) is 4. The summed E-state index contributed by atoms with van der Waals surface area (Å²) < 4.78 is 6.89. The summed E-state index contributed by atoms with van der Waals surface area (Å²) in [7, 11) is 0. The molecule has 172 valence electrons. The molecule has 2 amide bonds. The Morgan fingerprint density at radius 2 is 1.88 bits per heavy atom. The van der Waals surface area contributed by atoms with Gasteiger partial charge in [0, 0.05) is 11.6 Å². The van der Waals surface area contributed by atoms with E-state index in [9.17, 15) is 9.59 Å². The van der Waals surface area contributed by atoms with Crippen LogP contribution in [0.4, 0.5) is 16.2 Å². The van der Waals surface area contributed by atoms with Crippen molar-refractivity contribution in [1.29, 1.82) is 0 Å². The van der Waals surface area contributed by atoms with Crippen molar-refractivity contribution >= 4 is 34.4 Å². The molecule has 1 aliphatic rings. The molecule has 5 rings (SSSR count). The van der Waals surface area contributed by atoms with Gasteiger partial charge in [0.25, 0.3) is 5.91 Å². The van der Waals surface area contributed by atoms with Crippen molar-refractivity contribution in [2.45, 2.75) is 26.8 Å². The second kappa shape index (κ2) is 8.62. The number of hydrogen-bond donors (Lipinski definition) is 1. The van der Waals surface area contributed by atoms with E-state index in [2.05, 4.69) is 10.4 Å². The van der Waals surface area contributed by atoms with Crippen molar-refractivity contribution in [2.24, 2.45) is 0 Å². The molecule has 1 fully saturated rings. The molecule has 2 aromatic carbocycles. The van der Waals surface area contributed by atoms with Crippen LogP contribution >= 0.6 is 0 Å². The van der Waals surface area contributed by atoms with Crippen LogP contribution in [0.15, 0.2) is 60.8 Å². The lowest BCUT2D eigenvalue weighted by Crippen LogP contribution is -2.25. The molecule has 1 aliphatic heterocycles. The van der Waals surface area contributed by atoms with Crippen LogP contribution in [-0.2, 0) is 4.74 Å². The number of aryl methyl sites for hydroxylation is 1. The highest BCUT2D eigenvalue weighted by atomic mass is 16.6. The normalized spacial score (nSPS) is 13.5. The average Bonchev–Trinajstić information content (AvgIpc) is 3.45. The Kier molecular flexibility index (Phi) is 5.49. The standard InChI is InChI=1S/C26H25N5O3/c1-16(2)31-24-20(15-27-31)19(14-22(28-24)18-10-8-17(3)9-11-18)25(32)29-21-6-4-5-7-23(21)30-12-13-34-26(30)33/h4-11,14-16H,12-13H2,1-3H3,(H,29,32). The third-order valence-electron chi connectivity index (χ3n) is 5.85. The van der Waals surface area contributed by atoms with Crippen LogP contribution in [0.25, 0.3) is 22.3 Å². The molecule has 8 heteroatoms. The number of fused-ring (bicyclic) bond motifs is 1. The van der Waals surface area contributed by atoms with Crippen LogP contribution in [0.3, 0.4) is 0 Å². The minimum Gasteiger partial charge on any atom is -0.447 e. The third-order valence-corrected chi connectivity index (χ3v) is 5.85. The predicted molar refractivity (Wildman–Crippen MR) is 131 cm³/mol. The number of rotatable bonds is 5. The van der Waals surface area contributed by atoms with E-state index < -0.39 is 6.09 Å². The molecule has 34 heavy (non-hydrogen) atoms. The number of cyclic esters (lactones) is 1. The van der Waals surface area contributed by atoms with Crippen molar-refractivity contribution in [3.63, 3.8) is 0 Å². The fraction of sp³-hybridized carbons (Fsp3) is 0.231. The largest absolute Gasteiger partial charge is 0.447 e. The van der Waals surface area contributed by atoms with Gasteiger partial charge in [0.1, 0.15) is 6.61 Å². The molecule has 8 nitrogen and oxygen atoms in total. The summed E-state index contributed by atoms with van der Waals surface area (Å²) in [6, 6.07) is 17.1. The molecule has 1 saturated heterocycles. The molecular weight excluding hydrogens is 430 g/mol. The maximum Gasteiger partial charge on any atom is 0.414 e. The van der Waals surface area contributed by atoms with Crippen LogP contribution in [0.5, 0.6) is 0 Å². The van der Waals surface area contributed by atoms with E-state index in [0.717, 1.165) is 11.1 Å². The van der Waals surface area contributed by atoms with Crippen molar-refractivity contribution in [3.8, 4) is 11.3 Å². The summed E-state index contributed by atoms with van der Waals surface area (Å²) in [5.74, 6) is -0.302. The summed E-state index contributed by atoms with van der Waals surface area (Å²) in [6.07, 6.45) is 1.26. The summed E-state index contributed by atoms with van der Waals surface area (Å²) in [4.78, 5) is 32.1. The zero-order valence-corrected chi connectivity index (χ0v) is 19.3. The Hall–Kier alpha value is -4.20. The first-order valence-corrected chi connectivity index (χ1v) is 11.2. The molecule has 0 atom stereocenters. The third kappa shape index (κ3) is 3.87. The van der Waals surface area contributed by atoms with Crippen LogP contribution in [0.1, 0.15) is 35.8 Å². The fourth-order valence-electron chi connectivity index (χ4n) is 4.07. The van der Waals surface area contributed by atoms with Gasteiger partial charge >= 0.3 is 6.09 Å². The smallest absolute Gasteiger partial charge is 0.414 e. The van der Waals surface area contributed by atoms with E-state index in [0.29, 0.717) is 46.8 Å². The number of para-hydroxylation sites is 2. The van der Waals surface area contributed by atoms with Gasteiger partial charge in [-0.3, -0.25) is 9.69 Å². The first-order chi connectivity index (χ1) is 16.4. The van der Waals surface area contributed by atoms with E-state index in [1.54, 1.807) is 24.4 Å². The zero-order chi connectivity index (χ0) is 23.8. The zero-order valence-electron chi connectivity index (χ0n) is 19.3. The number of pyridine rings is 1. The lowest BCUT2D eigenvalue weighted by Gasteiger charge is -2.18. The topological polar surface area (TPSA) is 89.4 Å². The van der Waals surface area contributed by atoms with Crippen molar-refractivity contribution < 1.29 is 14.3 Å². The quantitative estimate of drug-likeness (QED) is 0.447. The summed E-state index contributed by atoms with van der Waals surface area (Å²) in [5, 5.41) is 8.15. The van der Waals surface area contributed by atoms with Gasteiger partial charge in [0.05, 0.1) is 40.8 Å². The van der Waals surface area contributed by atoms with Crippen LogP contribution in [0, 0.1) is 6.92 Å². The highest BCUT2D eigenvalue weighted by Gasteiger charge is 2.26. The predicted octanol–water partition coefficient (Wildman–Crippen LogP) is 5.20. The Labute approximate surface area is 197 Å².